The Morgan fingerprint density at radius 3 is 2.29 bits per heavy atom. The van der Waals surface area contributed by atoms with Gasteiger partial charge in [0.25, 0.3) is 5.91 Å². The maximum Gasteiger partial charge on any atom is 0.340 e. The molecule has 0 spiro atoms. The number of sulfonamides is 1. The zero-order chi connectivity index (χ0) is 32.5. The first-order valence-electron chi connectivity index (χ1n) is 13.6. The van der Waals surface area contributed by atoms with Gasteiger partial charge in [0.2, 0.25) is 10.0 Å². The first-order chi connectivity index (χ1) is 21.4. The first-order valence-corrected chi connectivity index (χ1v) is 15.8. The third-order valence-corrected chi connectivity index (χ3v) is 9.72. The number of amides is 1. The molecule has 0 atom stereocenters. The van der Waals surface area contributed by atoms with Crippen LogP contribution in [0.25, 0.3) is 6.08 Å². The molecule has 0 aliphatic carbocycles. The van der Waals surface area contributed by atoms with Crippen molar-refractivity contribution in [3.8, 4) is 0 Å². The number of hydrogen-bond donors (Lipinski definition) is 0. The Balaban J connectivity index is 1.49. The van der Waals surface area contributed by atoms with Crippen molar-refractivity contribution < 1.29 is 31.6 Å². The second-order valence-corrected chi connectivity index (χ2v) is 13.0. The minimum Gasteiger partial charge on any atom is -0.465 e. The van der Waals surface area contributed by atoms with Gasteiger partial charge < -0.3 is 9.15 Å². The van der Waals surface area contributed by atoms with Gasteiger partial charge in [-0.15, -0.1) is 0 Å². The van der Waals surface area contributed by atoms with Crippen LogP contribution in [0.3, 0.4) is 0 Å². The smallest absolute Gasteiger partial charge is 0.340 e. The van der Waals surface area contributed by atoms with Gasteiger partial charge in [-0.1, -0.05) is 47.0 Å². The predicted molar refractivity (Wildman–Crippen MR) is 169 cm³/mol. The SMILES string of the molecule is COC(=O)C1=C(C)N(c2ccc(F)cc2)C(=O)/C1=C/c1ccc(CN(Cc2ccc(Cl)c(Cl)c2)S(=O)(=O)c2ccc(C)cc2)o1. The first kappa shape index (κ1) is 32.2. The summed E-state index contributed by atoms with van der Waals surface area (Å²) >= 11 is 12.3. The normalized spacial score (nSPS) is 14.6. The number of nitrogens with zero attached hydrogens (tertiary/aromatic N) is 2. The van der Waals surface area contributed by atoms with Crippen LogP contribution >= 0.6 is 23.2 Å². The number of halogens is 3. The van der Waals surface area contributed by atoms with Gasteiger partial charge in [-0.3, -0.25) is 9.69 Å². The van der Waals surface area contributed by atoms with E-state index in [1.807, 2.05) is 6.92 Å². The molecule has 232 valence electrons. The number of furan rings is 1. The van der Waals surface area contributed by atoms with Crippen molar-refractivity contribution in [3.63, 3.8) is 0 Å². The highest BCUT2D eigenvalue weighted by Crippen LogP contribution is 2.36. The highest BCUT2D eigenvalue weighted by atomic mass is 35.5. The number of esters is 1. The van der Waals surface area contributed by atoms with Gasteiger partial charge in [0.15, 0.2) is 0 Å². The van der Waals surface area contributed by atoms with Crippen molar-refractivity contribution in [1.29, 1.82) is 0 Å². The lowest BCUT2D eigenvalue weighted by Gasteiger charge is -2.22. The van der Waals surface area contributed by atoms with Crippen molar-refractivity contribution in [2.45, 2.75) is 31.8 Å². The summed E-state index contributed by atoms with van der Waals surface area (Å²) in [6.07, 6.45) is 1.39. The topological polar surface area (TPSA) is 97.1 Å². The number of benzene rings is 3. The third kappa shape index (κ3) is 6.74. The van der Waals surface area contributed by atoms with Gasteiger partial charge >= 0.3 is 5.97 Å². The number of ether oxygens (including phenoxy) is 1. The summed E-state index contributed by atoms with van der Waals surface area (Å²) in [5.74, 6) is -1.28. The quantitative estimate of drug-likeness (QED) is 0.137. The van der Waals surface area contributed by atoms with Gasteiger partial charge in [0, 0.05) is 17.9 Å². The zero-order valence-corrected chi connectivity index (χ0v) is 26.7. The van der Waals surface area contributed by atoms with Crippen LogP contribution in [0, 0.1) is 12.7 Å². The number of hydrogen-bond acceptors (Lipinski definition) is 6. The summed E-state index contributed by atoms with van der Waals surface area (Å²) in [5, 5.41) is 0.626. The second kappa shape index (κ2) is 13.0. The highest BCUT2D eigenvalue weighted by molar-refractivity contribution is 7.89. The Labute approximate surface area is 270 Å². The van der Waals surface area contributed by atoms with E-state index >= 15 is 0 Å². The summed E-state index contributed by atoms with van der Waals surface area (Å²) in [4.78, 5) is 27.7. The second-order valence-electron chi connectivity index (χ2n) is 10.3. The molecular formula is C33H27Cl2FN2O6S. The van der Waals surface area contributed by atoms with E-state index in [0.29, 0.717) is 22.0 Å². The Kier molecular flexibility index (Phi) is 9.31. The third-order valence-electron chi connectivity index (χ3n) is 7.18. The molecule has 0 bridgehead atoms. The molecule has 0 radical (unpaired) electrons. The lowest BCUT2D eigenvalue weighted by molar-refractivity contribution is -0.136. The van der Waals surface area contributed by atoms with Crippen molar-refractivity contribution >= 4 is 56.9 Å². The fourth-order valence-corrected chi connectivity index (χ4v) is 6.60. The van der Waals surface area contributed by atoms with Crippen molar-refractivity contribution in [1.82, 2.24) is 4.31 Å². The average molecular weight is 670 g/mol. The molecule has 1 aliphatic rings. The summed E-state index contributed by atoms with van der Waals surface area (Å²) in [6, 6.07) is 19.8. The summed E-state index contributed by atoms with van der Waals surface area (Å²) < 4.78 is 53.3. The van der Waals surface area contributed by atoms with Crippen LogP contribution in [0.5, 0.6) is 0 Å². The van der Waals surface area contributed by atoms with E-state index in [4.69, 9.17) is 32.4 Å². The summed E-state index contributed by atoms with van der Waals surface area (Å²) in [6.45, 7) is 3.25. The van der Waals surface area contributed by atoms with Crippen LogP contribution in [0.1, 0.15) is 29.6 Å². The maximum absolute atomic E-state index is 13.8. The van der Waals surface area contributed by atoms with Crippen LogP contribution in [0.2, 0.25) is 10.0 Å². The highest BCUT2D eigenvalue weighted by Gasteiger charge is 2.38. The zero-order valence-electron chi connectivity index (χ0n) is 24.4. The van der Waals surface area contributed by atoms with E-state index < -0.39 is 27.7 Å². The molecule has 12 heteroatoms. The van der Waals surface area contributed by atoms with E-state index in [1.165, 1.54) is 58.8 Å². The van der Waals surface area contributed by atoms with E-state index in [1.54, 1.807) is 49.4 Å². The molecule has 1 aromatic heterocycles. The summed E-state index contributed by atoms with van der Waals surface area (Å²) in [5.41, 5.74) is 2.20. The fourth-order valence-electron chi connectivity index (χ4n) is 4.88. The lowest BCUT2D eigenvalue weighted by Crippen LogP contribution is -2.30. The van der Waals surface area contributed by atoms with E-state index in [9.17, 15) is 22.4 Å². The molecule has 4 aromatic rings. The number of allylic oxidation sites excluding steroid dienone is 1. The van der Waals surface area contributed by atoms with E-state index in [-0.39, 0.29) is 45.7 Å². The fraction of sp³-hybridized carbons (Fsp3) is 0.152. The van der Waals surface area contributed by atoms with Gasteiger partial charge in [-0.05, 0) is 86.2 Å². The Morgan fingerprint density at radius 1 is 0.956 bits per heavy atom. The van der Waals surface area contributed by atoms with E-state index in [2.05, 4.69) is 0 Å². The number of anilines is 1. The predicted octanol–water partition coefficient (Wildman–Crippen LogP) is 7.30. The molecule has 0 fully saturated rings. The molecule has 2 heterocycles. The van der Waals surface area contributed by atoms with Crippen LogP contribution in [0.15, 0.2) is 105 Å². The number of carbonyl (C=O) groups is 2. The number of aryl methyl sites for hydroxylation is 1. The van der Waals surface area contributed by atoms with Crippen LogP contribution in [-0.2, 0) is 37.4 Å². The minimum absolute atomic E-state index is 0.00418. The Morgan fingerprint density at radius 2 is 1.64 bits per heavy atom. The van der Waals surface area contributed by atoms with Crippen LogP contribution in [0.4, 0.5) is 10.1 Å². The lowest BCUT2D eigenvalue weighted by atomic mass is 10.1. The number of rotatable bonds is 9. The molecule has 1 aliphatic heterocycles. The Hall–Kier alpha value is -4.22. The van der Waals surface area contributed by atoms with Gasteiger partial charge in [0.1, 0.15) is 17.3 Å². The largest absolute Gasteiger partial charge is 0.465 e. The molecule has 5 rings (SSSR count). The van der Waals surface area contributed by atoms with Crippen molar-refractivity contribution in [2.75, 3.05) is 12.0 Å². The molecule has 0 N–H and O–H groups in total. The monoisotopic (exact) mass is 668 g/mol. The van der Waals surface area contributed by atoms with E-state index in [0.717, 1.165) is 5.56 Å². The standard InChI is InChI=1S/C33H27Cl2FN2O6S/c1-20-4-13-27(14-5-20)45(41,42)37(18-22-6-15-29(34)30(35)16-22)19-26-12-11-25(44-26)17-28-31(33(40)43-3)21(2)38(32(28)39)24-9-7-23(36)8-10-24/h4-17H,18-19H2,1-3H3/b28-17+. The summed E-state index contributed by atoms with van der Waals surface area (Å²) in [7, 11) is -2.80. The minimum atomic E-state index is -4.01. The number of carbonyl (C=O) groups excluding carboxylic acids is 2. The molecule has 1 amide bonds. The molecule has 0 saturated carbocycles. The Bertz CT molecular complexity index is 1950. The molecular weight excluding hydrogens is 642 g/mol. The number of methoxy groups -OCH3 is 1. The average Bonchev–Trinajstić information content (AvgIpc) is 3.55. The van der Waals surface area contributed by atoms with Crippen LogP contribution in [-0.4, -0.2) is 31.7 Å². The molecule has 0 saturated heterocycles. The van der Waals surface area contributed by atoms with Gasteiger partial charge in [-0.2, -0.15) is 4.31 Å². The van der Waals surface area contributed by atoms with Gasteiger partial charge in [-0.25, -0.2) is 17.6 Å². The van der Waals surface area contributed by atoms with Crippen molar-refractivity contribution in [3.05, 3.63) is 134 Å². The van der Waals surface area contributed by atoms with Crippen molar-refractivity contribution in [2.24, 2.45) is 0 Å². The molecule has 8 nitrogen and oxygen atoms in total. The molecule has 0 unspecified atom stereocenters. The van der Waals surface area contributed by atoms with Crippen LogP contribution < -0.4 is 4.90 Å². The molecule has 3 aromatic carbocycles. The molecule has 45 heavy (non-hydrogen) atoms. The van der Waals surface area contributed by atoms with Gasteiger partial charge in [0.05, 0.1) is 39.7 Å². The maximum atomic E-state index is 13.8.